The number of ether oxygens (including phenoxy) is 2. The third-order valence-electron chi connectivity index (χ3n) is 2.35. The van der Waals surface area contributed by atoms with Crippen molar-refractivity contribution in [2.75, 3.05) is 20.8 Å². The normalized spacial score (nSPS) is 11.4. The van der Waals surface area contributed by atoms with Crippen molar-refractivity contribution in [1.29, 1.82) is 0 Å². The molecule has 0 saturated carbocycles. The number of carbonyl (C=O) groups is 1. The first-order chi connectivity index (χ1) is 8.63. The molecule has 1 unspecified atom stereocenters. The van der Waals surface area contributed by atoms with Crippen molar-refractivity contribution >= 4 is 17.6 Å². The van der Waals surface area contributed by atoms with Gasteiger partial charge in [0.05, 0.1) is 25.8 Å². The summed E-state index contributed by atoms with van der Waals surface area (Å²) >= 11 is 6.01. The second kappa shape index (κ2) is 6.90. The molecule has 0 aliphatic heterocycles. The van der Waals surface area contributed by atoms with Gasteiger partial charge >= 0.3 is 5.97 Å². The minimum Gasteiger partial charge on any atom is -0.495 e. The molecule has 1 aromatic rings. The Hall–Kier alpha value is -1.70. The zero-order valence-corrected chi connectivity index (χ0v) is 11.0. The molecule has 5 heteroatoms. The molecule has 0 heterocycles. The van der Waals surface area contributed by atoms with Crippen LogP contribution in [0.2, 0.25) is 5.02 Å². The van der Waals surface area contributed by atoms with E-state index >= 15 is 0 Å². The van der Waals surface area contributed by atoms with Gasteiger partial charge in [-0.2, -0.15) is 0 Å². The number of carbonyl (C=O) groups excluding carboxylic acids is 1. The van der Waals surface area contributed by atoms with Crippen LogP contribution in [0.5, 0.6) is 5.75 Å². The van der Waals surface area contributed by atoms with Gasteiger partial charge in [0.25, 0.3) is 0 Å². The van der Waals surface area contributed by atoms with E-state index in [1.54, 1.807) is 18.2 Å². The van der Waals surface area contributed by atoms with Crippen LogP contribution in [0.25, 0.3) is 0 Å². The number of halogens is 1. The molecule has 0 aliphatic rings. The van der Waals surface area contributed by atoms with Gasteiger partial charge in [-0.25, -0.2) is 4.79 Å². The zero-order valence-electron chi connectivity index (χ0n) is 10.2. The fourth-order valence-corrected chi connectivity index (χ4v) is 1.74. The Kier molecular flexibility index (Phi) is 5.50. The first kappa shape index (κ1) is 14.4. The van der Waals surface area contributed by atoms with Crippen molar-refractivity contribution in [3.8, 4) is 18.1 Å². The number of esters is 1. The number of terminal acetylenes is 1. The number of rotatable bonds is 5. The molecule has 0 aliphatic carbocycles. The summed E-state index contributed by atoms with van der Waals surface area (Å²) < 4.78 is 9.76. The second-order valence-corrected chi connectivity index (χ2v) is 3.84. The number of hydrogen-bond acceptors (Lipinski definition) is 4. The Morgan fingerprint density at radius 3 is 2.78 bits per heavy atom. The summed E-state index contributed by atoms with van der Waals surface area (Å²) in [4.78, 5) is 11.7. The van der Waals surface area contributed by atoms with Crippen LogP contribution in [0.15, 0.2) is 18.2 Å². The molecular weight excluding hydrogens is 254 g/mol. The van der Waals surface area contributed by atoms with Crippen molar-refractivity contribution in [3.63, 3.8) is 0 Å². The molecule has 0 aromatic heterocycles. The second-order valence-electron chi connectivity index (χ2n) is 3.44. The Morgan fingerprint density at radius 2 is 2.28 bits per heavy atom. The van der Waals surface area contributed by atoms with E-state index in [-0.39, 0.29) is 6.54 Å². The first-order valence-electron chi connectivity index (χ1n) is 5.22. The summed E-state index contributed by atoms with van der Waals surface area (Å²) in [5.41, 5.74) is 0.669. The molecule has 1 rings (SSSR count). The van der Waals surface area contributed by atoms with E-state index in [1.807, 2.05) is 0 Å². The van der Waals surface area contributed by atoms with E-state index in [0.29, 0.717) is 16.3 Å². The van der Waals surface area contributed by atoms with E-state index in [4.69, 9.17) is 27.5 Å². The Bertz CT molecular complexity index is 468. The van der Waals surface area contributed by atoms with Gasteiger partial charge in [0.1, 0.15) is 11.8 Å². The van der Waals surface area contributed by atoms with Gasteiger partial charge in [-0.05, 0) is 17.7 Å². The lowest BCUT2D eigenvalue weighted by atomic mass is 10.1. The molecule has 1 atom stereocenters. The van der Waals surface area contributed by atoms with Gasteiger partial charge in [-0.3, -0.25) is 5.32 Å². The van der Waals surface area contributed by atoms with Gasteiger partial charge in [-0.15, -0.1) is 6.42 Å². The van der Waals surface area contributed by atoms with Crippen LogP contribution < -0.4 is 10.1 Å². The summed E-state index contributed by atoms with van der Waals surface area (Å²) in [6.07, 6.45) is 5.16. The van der Waals surface area contributed by atoms with Gasteiger partial charge in [-0.1, -0.05) is 23.6 Å². The molecule has 1 N–H and O–H groups in total. The van der Waals surface area contributed by atoms with Crippen LogP contribution in [0.1, 0.15) is 11.6 Å². The van der Waals surface area contributed by atoms with Crippen LogP contribution in [-0.4, -0.2) is 26.7 Å². The monoisotopic (exact) mass is 267 g/mol. The predicted molar refractivity (Wildman–Crippen MR) is 69.6 cm³/mol. The van der Waals surface area contributed by atoms with Crippen LogP contribution in [0.4, 0.5) is 0 Å². The molecule has 0 spiro atoms. The van der Waals surface area contributed by atoms with E-state index < -0.39 is 12.0 Å². The highest BCUT2D eigenvalue weighted by Crippen LogP contribution is 2.27. The van der Waals surface area contributed by atoms with Crippen LogP contribution in [-0.2, 0) is 9.53 Å². The highest BCUT2D eigenvalue weighted by molar-refractivity contribution is 6.32. The smallest absolute Gasteiger partial charge is 0.327 e. The molecule has 0 fully saturated rings. The fourth-order valence-electron chi connectivity index (χ4n) is 1.48. The van der Waals surface area contributed by atoms with Crippen molar-refractivity contribution < 1.29 is 14.3 Å². The topological polar surface area (TPSA) is 47.6 Å². The van der Waals surface area contributed by atoms with Crippen molar-refractivity contribution in [2.24, 2.45) is 0 Å². The molecule has 0 radical (unpaired) electrons. The molecule has 0 saturated heterocycles. The average molecular weight is 268 g/mol. The summed E-state index contributed by atoms with van der Waals surface area (Å²) in [6, 6.07) is 4.42. The standard InChI is InChI=1S/C13H14ClNO3/c1-4-7-15-12(13(16)18-3)9-5-6-11(17-2)10(14)8-9/h1,5-6,8,12,15H,7H2,2-3H3. The molecule has 1 aromatic carbocycles. The molecule has 96 valence electrons. The number of benzene rings is 1. The SMILES string of the molecule is C#CCNC(C(=O)OC)c1ccc(OC)c(Cl)c1. The number of nitrogens with one attached hydrogen (secondary N) is 1. The van der Waals surface area contributed by atoms with E-state index in [2.05, 4.69) is 11.2 Å². The molecule has 18 heavy (non-hydrogen) atoms. The van der Waals surface area contributed by atoms with Crippen LogP contribution in [0.3, 0.4) is 0 Å². The lowest BCUT2D eigenvalue weighted by Gasteiger charge is -2.16. The van der Waals surface area contributed by atoms with E-state index in [9.17, 15) is 4.79 Å². The minimum atomic E-state index is -0.644. The van der Waals surface area contributed by atoms with Crippen molar-refractivity contribution in [2.45, 2.75) is 6.04 Å². The Morgan fingerprint density at radius 1 is 1.56 bits per heavy atom. The maximum Gasteiger partial charge on any atom is 0.327 e. The molecule has 0 amide bonds. The van der Waals surface area contributed by atoms with Gasteiger partial charge < -0.3 is 9.47 Å². The highest BCUT2D eigenvalue weighted by atomic mass is 35.5. The van der Waals surface area contributed by atoms with Crippen LogP contribution >= 0.6 is 11.6 Å². The van der Waals surface area contributed by atoms with Gasteiger partial charge in [0, 0.05) is 0 Å². The summed E-state index contributed by atoms with van der Waals surface area (Å²) in [7, 11) is 2.84. The average Bonchev–Trinajstić information content (AvgIpc) is 2.39. The minimum absolute atomic E-state index is 0.253. The zero-order chi connectivity index (χ0) is 13.5. The van der Waals surface area contributed by atoms with Gasteiger partial charge in [0.15, 0.2) is 0 Å². The quantitative estimate of drug-likeness (QED) is 0.653. The Labute approximate surface area is 111 Å². The van der Waals surface area contributed by atoms with E-state index in [1.165, 1.54) is 14.2 Å². The summed E-state index contributed by atoms with van der Waals surface area (Å²) in [5.74, 6) is 2.53. The van der Waals surface area contributed by atoms with Crippen molar-refractivity contribution in [1.82, 2.24) is 5.32 Å². The maximum atomic E-state index is 11.7. The highest BCUT2D eigenvalue weighted by Gasteiger charge is 2.21. The van der Waals surface area contributed by atoms with E-state index in [0.717, 1.165) is 0 Å². The first-order valence-corrected chi connectivity index (χ1v) is 5.60. The largest absolute Gasteiger partial charge is 0.495 e. The number of methoxy groups -OCH3 is 2. The molecular formula is C13H14ClNO3. The van der Waals surface area contributed by atoms with Crippen LogP contribution in [0, 0.1) is 12.3 Å². The predicted octanol–water partition coefficient (Wildman–Crippen LogP) is 1.79. The fraction of sp³-hybridized carbons (Fsp3) is 0.308. The molecule has 0 bridgehead atoms. The summed E-state index contributed by atoms with van der Waals surface area (Å²) in [6.45, 7) is 0.253. The Balaban J connectivity index is 3.02. The molecule has 4 nitrogen and oxygen atoms in total. The lowest BCUT2D eigenvalue weighted by Crippen LogP contribution is -2.29. The third kappa shape index (κ3) is 3.39. The van der Waals surface area contributed by atoms with Crippen molar-refractivity contribution in [3.05, 3.63) is 28.8 Å². The summed E-state index contributed by atoms with van der Waals surface area (Å²) in [5, 5.41) is 3.31. The number of hydrogen-bond donors (Lipinski definition) is 1. The lowest BCUT2D eigenvalue weighted by molar-refractivity contribution is -0.143. The maximum absolute atomic E-state index is 11.7. The third-order valence-corrected chi connectivity index (χ3v) is 2.65. The van der Waals surface area contributed by atoms with Gasteiger partial charge in [0.2, 0.25) is 0 Å².